The van der Waals surface area contributed by atoms with E-state index in [4.69, 9.17) is 4.74 Å². The van der Waals surface area contributed by atoms with E-state index in [1.165, 1.54) is 0 Å². The molecule has 3 aromatic carbocycles. The van der Waals surface area contributed by atoms with Gasteiger partial charge in [0.1, 0.15) is 11.6 Å². The van der Waals surface area contributed by atoms with Crippen molar-refractivity contribution in [2.75, 3.05) is 13.7 Å². The fourth-order valence-corrected chi connectivity index (χ4v) is 3.90. The van der Waals surface area contributed by atoms with Crippen molar-refractivity contribution in [3.63, 3.8) is 0 Å². The van der Waals surface area contributed by atoms with Crippen molar-refractivity contribution in [3.8, 4) is 11.1 Å². The molecule has 0 heterocycles. The van der Waals surface area contributed by atoms with Gasteiger partial charge in [0.2, 0.25) is 0 Å². The summed E-state index contributed by atoms with van der Waals surface area (Å²) >= 11 is 0. The Morgan fingerprint density at radius 3 is 1.96 bits per heavy atom. The number of rotatable bonds is 6. The van der Waals surface area contributed by atoms with Gasteiger partial charge < -0.3 is 15.2 Å². The number of nitrogens with one attached hydrogen (secondary N) is 1. The second-order valence-corrected chi connectivity index (χ2v) is 6.63. The third kappa shape index (κ3) is 2.74. The lowest BCUT2D eigenvalue weighted by molar-refractivity contribution is -0.142. The largest absolute Gasteiger partial charge is 0.480 e. The molecule has 4 nitrogen and oxygen atoms in total. The Hall–Kier alpha value is -2.95. The summed E-state index contributed by atoms with van der Waals surface area (Å²) in [5.74, 6) is -0.930. The maximum atomic E-state index is 11.5. The van der Waals surface area contributed by atoms with Gasteiger partial charge in [-0.3, -0.25) is 4.79 Å². The van der Waals surface area contributed by atoms with Crippen LogP contribution in [0.4, 0.5) is 0 Å². The molecule has 1 aliphatic carbocycles. The molecular weight excluding hydrogens is 338 g/mol. The van der Waals surface area contributed by atoms with E-state index in [9.17, 15) is 9.90 Å². The first-order valence-corrected chi connectivity index (χ1v) is 8.97. The predicted molar refractivity (Wildman–Crippen MR) is 105 cm³/mol. The number of carbonyl (C=O) groups is 1. The van der Waals surface area contributed by atoms with Gasteiger partial charge >= 0.3 is 5.97 Å². The van der Waals surface area contributed by atoms with E-state index in [1.807, 2.05) is 54.6 Å². The van der Waals surface area contributed by atoms with E-state index < -0.39 is 17.6 Å². The molecule has 0 spiro atoms. The minimum Gasteiger partial charge on any atom is -0.480 e. The number of ether oxygens (including phenoxy) is 1. The van der Waals surface area contributed by atoms with Crippen molar-refractivity contribution in [2.45, 2.75) is 11.6 Å². The van der Waals surface area contributed by atoms with E-state index in [1.54, 1.807) is 7.05 Å². The SMILES string of the molecule is CN[C@@H](COC1(c2ccccc2)c2ccccc2-c2ccccc21)C(=O)O. The molecule has 0 bridgehead atoms. The maximum Gasteiger partial charge on any atom is 0.323 e. The highest BCUT2D eigenvalue weighted by Crippen LogP contribution is 2.53. The summed E-state index contributed by atoms with van der Waals surface area (Å²) < 4.78 is 6.50. The third-order valence-corrected chi connectivity index (χ3v) is 5.20. The first kappa shape index (κ1) is 17.5. The topological polar surface area (TPSA) is 58.6 Å². The maximum absolute atomic E-state index is 11.5. The molecule has 4 rings (SSSR count). The van der Waals surface area contributed by atoms with Crippen LogP contribution in [0, 0.1) is 0 Å². The summed E-state index contributed by atoms with van der Waals surface area (Å²) in [4.78, 5) is 11.5. The number of fused-ring (bicyclic) bond motifs is 3. The smallest absolute Gasteiger partial charge is 0.323 e. The Labute approximate surface area is 158 Å². The Bertz CT molecular complexity index is 923. The van der Waals surface area contributed by atoms with Gasteiger partial charge in [-0.25, -0.2) is 0 Å². The van der Waals surface area contributed by atoms with Crippen molar-refractivity contribution < 1.29 is 14.6 Å². The molecule has 0 saturated carbocycles. The summed E-state index contributed by atoms with van der Waals surface area (Å²) in [6.45, 7) is 0.0450. The zero-order valence-corrected chi connectivity index (χ0v) is 15.1. The summed E-state index contributed by atoms with van der Waals surface area (Å²) in [7, 11) is 1.63. The lowest BCUT2D eigenvalue weighted by Gasteiger charge is -2.34. The van der Waals surface area contributed by atoms with E-state index >= 15 is 0 Å². The van der Waals surface area contributed by atoms with Crippen LogP contribution in [0.3, 0.4) is 0 Å². The molecule has 1 atom stereocenters. The summed E-state index contributed by atoms with van der Waals surface area (Å²) in [6, 6.07) is 25.6. The minimum absolute atomic E-state index is 0.0450. The molecule has 27 heavy (non-hydrogen) atoms. The fourth-order valence-electron chi connectivity index (χ4n) is 3.90. The lowest BCUT2D eigenvalue weighted by atomic mass is 9.84. The number of likely N-dealkylation sites (N-methyl/N-ethyl adjacent to an activating group) is 1. The zero-order valence-electron chi connectivity index (χ0n) is 15.1. The highest BCUT2D eigenvalue weighted by molar-refractivity contribution is 5.82. The van der Waals surface area contributed by atoms with Gasteiger partial charge in [-0.1, -0.05) is 78.9 Å². The van der Waals surface area contributed by atoms with Crippen LogP contribution >= 0.6 is 0 Å². The number of carboxylic acids is 1. The van der Waals surface area contributed by atoms with Crippen LogP contribution in [-0.2, 0) is 15.1 Å². The lowest BCUT2D eigenvalue weighted by Crippen LogP contribution is -2.42. The van der Waals surface area contributed by atoms with Crippen LogP contribution in [0.5, 0.6) is 0 Å². The molecule has 4 heteroatoms. The Morgan fingerprint density at radius 1 is 0.926 bits per heavy atom. The summed E-state index contributed by atoms with van der Waals surface area (Å²) in [6.07, 6.45) is 0. The number of aliphatic carboxylic acids is 1. The van der Waals surface area contributed by atoms with Crippen LogP contribution in [0.1, 0.15) is 16.7 Å². The van der Waals surface area contributed by atoms with Gasteiger partial charge in [0.15, 0.2) is 0 Å². The standard InChI is InChI=1S/C23H21NO3/c1-24-21(22(25)26)15-27-23(16-9-3-2-4-10-16)19-13-7-5-11-17(19)18-12-6-8-14-20(18)23/h2-14,21,24H,15H2,1H3,(H,25,26)/t21-/m0/s1. The summed E-state index contributed by atoms with van der Waals surface area (Å²) in [5, 5.41) is 12.3. The van der Waals surface area contributed by atoms with E-state index in [-0.39, 0.29) is 6.61 Å². The zero-order chi connectivity index (χ0) is 18.9. The van der Waals surface area contributed by atoms with Gasteiger partial charge in [0, 0.05) is 11.1 Å². The van der Waals surface area contributed by atoms with Crippen LogP contribution < -0.4 is 5.32 Å². The molecule has 0 amide bonds. The van der Waals surface area contributed by atoms with E-state index in [0.717, 1.165) is 27.8 Å². The second kappa shape index (κ2) is 6.99. The van der Waals surface area contributed by atoms with Gasteiger partial charge in [0.05, 0.1) is 6.61 Å². The number of hydrogen-bond acceptors (Lipinski definition) is 3. The first-order chi connectivity index (χ1) is 13.2. The monoisotopic (exact) mass is 359 g/mol. The molecule has 2 N–H and O–H groups in total. The molecule has 0 radical (unpaired) electrons. The van der Waals surface area contributed by atoms with Crippen molar-refractivity contribution in [3.05, 3.63) is 95.6 Å². The van der Waals surface area contributed by atoms with Gasteiger partial charge in [-0.05, 0) is 23.7 Å². The highest BCUT2D eigenvalue weighted by Gasteiger charge is 2.46. The van der Waals surface area contributed by atoms with E-state index in [0.29, 0.717) is 0 Å². The minimum atomic E-state index is -0.930. The molecule has 0 unspecified atom stereocenters. The Balaban J connectivity index is 1.93. The van der Waals surface area contributed by atoms with Crippen molar-refractivity contribution in [2.24, 2.45) is 0 Å². The van der Waals surface area contributed by atoms with Crippen LogP contribution in [0.15, 0.2) is 78.9 Å². The molecule has 136 valence electrons. The van der Waals surface area contributed by atoms with Gasteiger partial charge in [-0.2, -0.15) is 0 Å². The van der Waals surface area contributed by atoms with Crippen molar-refractivity contribution >= 4 is 5.97 Å². The van der Waals surface area contributed by atoms with Crippen LogP contribution in [-0.4, -0.2) is 30.8 Å². The molecule has 1 aliphatic rings. The molecule has 0 fully saturated rings. The van der Waals surface area contributed by atoms with Crippen molar-refractivity contribution in [1.29, 1.82) is 0 Å². The third-order valence-electron chi connectivity index (χ3n) is 5.20. The Morgan fingerprint density at radius 2 is 1.44 bits per heavy atom. The van der Waals surface area contributed by atoms with Crippen LogP contribution in [0.2, 0.25) is 0 Å². The summed E-state index contributed by atoms with van der Waals surface area (Å²) in [5.41, 5.74) is 4.47. The molecule has 0 aromatic heterocycles. The van der Waals surface area contributed by atoms with Crippen molar-refractivity contribution in [1.82, 2.24) is 5.32 Å². The predicted octanol–water partition coefficient (Wildman–Crippen LogP) is 3.65. The number of benzene rings is 3. The fraction of sp³-hybridized carbons (Fsp3) is 0.174. The molecular formula is C23H21NO3. The Kier molecular flexibility index (Phi) is 4.52. The van der Waals surface area contributed by atoms with Crippen LogP contribution in [0.25, 0.3) is 11.1 Å². The molecule has 3 aromatic rings. The average Bonchev–Trinajstić information content (AvgIpc) is 3.00. The first-order valence-electron chi connectivity index (χ1n) is 8.97. The van der Waals surface area contributed by atoms with Gasteiger partial charge in [0.25, 0.3) is 0 Å². The van der Waals surface area contributed by atoms with E-state index in [2.05, 4.69) is 29.6 Å². The molecule has 0 aliphatic heterocycles. The second-order valence-electron chi connectivity index (χ2n) is 6.63. The average molecular weight is 359 g/mol. The quantitative estimate of drug-likeness (QED) is 0.705. The number of carboxylic acid groups (broad SMARTS) is 1. The normalized spacial score (nSPS) is 15.0. The van der Waals surface area contributed by atoms with Gasteiger partial charge in [-0.15, -0.1) is 0 Å². The highest BCUT2D eigenvalue weighted by atomic mass is 16.5. The number of hydrogen-bond donors (Lipinski definition) is 2. The molecule has 0 saturated heterocycles.